The second-order valence-electron chi connectivity index (χ2n) is 3.86. The van der Waals surface area contributed by atoms with E-state index in [9.17, 15) is 0 Å². The van der Waals surface area contributed by atoms with Crippen molar-refractivity contribution in [3.8, 4) is 5.75 Å². The van der Waals surface area contributed by atoms with Gasteiger partial charge in [-0.3, -0.25) is 0 Å². The third-order valence-electron chi connectivity index (χ3n) is 2.64. The normalized spacial score (nSPS) is 10.2. The summed E-state index contributed by atoms with van der Waals surface area (Å²) in [6.45, 7) is 0. The van der Waals surface area contributed by atoms with Gasteiger partial charge < -0.3 is 4.74 Å². The lowest BCUT2D eigenvalue weighted by Gasteiger charge is -2.04. The van der Waals surface area contributed by atoms with Crippen molar-refractivity contribution in [2.75, 3.05) is 7.11 Å². The average Bonchev–Trinajstić information content (AvgIpc) is 2.47. The monoisotopic (exact) mass is 251 g/mol. The van der Waals surface area contributed by atoms with Crippen molar-refractivity contribution in [3.63, 3.8) is 0 Å². The van der Waals surface area contributed by atoms with Crippen LogP contribution in [0.5, 0.6) is 5.75 Å². The number of methoxy groups -OCH3 is 1. The summed E-state index contributed by atoms with van der Waals surface area (Å²) in [6.07, 6.45) is 3.89. The lowest BCUT2D eigenvalue weighted by Crippen LogP contribution is -1.83. The molecule has 0 spiro atoms. The summed E-state index contributed by atoms with van der Waals surface area (Å²) in [7, 11) is 1.58. The highest BCUT2D eigenvalue weighted by Crippen LogP contribution is 2.27. The Bertz CT molecular complexity index is 629. The summed E-state index contributed by atoms with van der Waals surface area (Å²) < 4.78 is 5.11. The first kappa shape index (κ1) is 12.7. The molecule has 19 heavy (non-hydrogen) atoms. The van der Waals surface area contributed by atoms with E-state index in [2.05, 4.69) is 10.0 Å². The predicted octanol–water partition coefficient (Wildman–Crippen LogP) is 4.81. The Morgan fingerprint density at radius 1 is 1.11 bits per heavy atom. The van der Waals surface area contributed by atoms with Crippen LogP contribution in [0.1, 0.15) is 11.1 Å². The van der Waals surface area contributed by atoms with E-state index in [4.69, 9.17) is 10.3 Å². The number of azide groups is 1. The van der Waals surface area contributed by atoms with Crippen LogP contribution >= 0.6 is 0 Å². The van der Waals surface area contributed by atoms with Crippen molar-refractivity contribution in [2.45, 2.75) is 0 Å². The highest BCUT2D eigenvalue weighted by atomic mass is 16.5. The molecule has 0 aliphatic rings. The summed E-state index contributed by atoms with van der Waals surface area (Å²) in [6, 6.07) is 15.3. The summed E-state index contributed by atoms with van der Waals surface area (Å²) in [5, 5.41) is 3.68. The number of hydrogen-bond acceptors (Lipinski definition) is 2. The first-order valence-electron chi connectivity index (χ1n) is 5.80. The zero-order valence-electron chi connectivity index (χ0n) is 10.5. The molecular formula is C15H13N3O. The molecule has 0 heterocycles. The Balaban J connectivity index is 2.34. The second-order valence-corrected chi connectivity index (χ2v) is 3.86. The molecule has 4 heteroatoms. The fourth-order valence-electron chi connectivity index (χ4n) is 1.68. The summed E-state index contributed by atoms with van der Waals surface area (Å²) in [4.78, 5) is 2.83. The summed E-state index contributed by atoms with van der Waals surface area (Å²) >= 11 is 0. The second kappa shape index (κ2) is 6.28. The minimum absolute atomic E-state index is 0.550. The van der Waals surface area contributed by atoms with Gasteiger partial charge in [-0.1, -0.05) is 53.7 Å². The molecule has 2 aromatic carbocycles. The molecule has 2 aromatic rings. The van der Waals surface area contributed by atoms with Crippen molar-refractivity contribution in [1.29, 1.82) is 0 Å². The van der Waals surface area contributed by atoms with Gasteiger partial charge in [-0.2, -0.15) is 0 Å². The van der Waals surface area contributed by atoms with Crippen LogP contribution in [-0.4, -0.2) is 7.11 Å². The van der Waals surface area contributed by atoms with E-state index in [-0.39, 0.29) is 0 Å². The van der Waals surface area contributed by atoms with E-state index in [1.165, 1.54) is 0 Å². The largest absolute Gasteiger partial charge is 0.497 e. The number of nitrogens with zero attached hydrogens (tertiary/aromatic N) is 3. The fraction of sp³-hybridized carbons (Fsp3) is 0.0667. The third-order valence-corrected chi connectivity index (χ3v) is 2.64. The van der Waals surface area contributed by atoms with Gasteiger partial charge in [-0.15, -0.1) is 0 Å². The zero-order chi connectivity index (χ0) is 13.5. The van der Waals surface area contributed by atoms with Crippen molar-refractivity contribution >= 4 is 17.8 Å². The minimum Gasteiger partial charge on any atom is -0.497 e. The number of hydrogen-bond donors (Lipinski definition) is 0. The third kappa shape index (κ3) is 3.37. The van der Waals surface area contributed by atoms with E-state index in [1.54, 1.807) is 13.2 Å². The lowest BCUT2D eigenvalue weighted by molar-refractivity contribution is 0.415. The Morgan fingerprint density at radius 2 is 1.89 bits per heavy atom. The molecule has 4 nitrogen and oxygen atoms in total. The number of benzene rings is 2. The Morgan fingerprint density at radius 3 is 2.58 bits per heavy atom. The van der Waals surface area contributed by atoms with Crippen molar-refractivity contribution in [2.24, 2.45) is 5.11 Å². The standard InChI is InChI=1S/C15H13N3O/c1-19-14-10-9-13(15(11-14)17-18-16)8-7-12-5-3-2-4-6-12/h2-11H,1H3/b8-7+. The van der Waals surface area contributed by atoms with Gasteiger partial charge in [0.1, 0.15) is 5.75 Å². The predicted molar refractivity (Wildman–Crippen MR) is 77.2 cm³/mol. The molecule has 0 saturated heterocycles. The Kier molecular flexibility index (Phi) is 4.21. The average molecular weight is 251 g/mol. The molecule has 0 bridgehead atoms. The molecule has 0 N–H and O–H groups in total. The van der Waals surface area contributed by atoms with Gasteiger partial charge in [0.05, 0.1) is 7.11 Å². The summed E-state index contributed by atoms with van der Waals surface area (Å²) in [5.41, 5.74) is 11.1. The van der Waals surface area contributed by atoms with Gasteiger partial charge in [0.15, 0.2) is 0 Å². The van der Waals surface area contributed by atoms with E-state index < -0.39 is 0 Å². The molecule has 0 aliphatic carbocycles. The maximum absolute atomic E-state index is 8.59. The molecule has 0 unspecified atom stereocenters. The van der Waals surface area contributed by atoms with E-state index in [1.807, 2.05) is 54.6 Å². The molecule has 0 saturated carbocycles. The maximum atomic E-state index is 8.59. The smallest absolute Gasteiger partial charge is 0.119 e. The van der Waals surface area contributed by atoms with Crippen LogP contribution in [0.25, 0.3) is 22.6 Å². The molecule has 0 radical (unpaired) electrons. The number of ether oxygens (including phenoxy) is 1. The first-order valence-corrected chi connectivity index (χ1v) is 5.80. The van der Waals surface area contributed by atoms with E-state index in [0.717, 1.165) is 11.1 Å². The van der Waals surface area contributed by atoms with Gasteiger partial charge in [0.2, 0.25) is 0 Å². The van der Waals surface area contributed by atoms with E-state index >= 15 is 0 Å². The highest BCUT2D eigenvalue weighted by Gasteiger charge is 2.00. The van der Waals surface area contributed by atoms with Crippen LogP contribution in [0, 0.1) is 0 Å². The van der Waals surface area contributed by atoms with Crippen molar-refractivity contribution in [3.05, 3.63) is 70.1 Å². The molecule has 0 aromatic heterocycles. The van der Waals surface area contributed by atoms with Crippen LogP contribution in [0.15, 0.2) is 53.6 Å². The fourth-order valence-corrected chi connectivity index (χ4v) is 1.68. The van der Waals surface area contributed by atoms with Crippen LogP contribution < -0.4 is 4.74 Å². The molecule has 0 aliphatic heterocycles. The SMILES string of the molecule is COc1ccc(/C=C/c2ccccc2)c(N=[N+]=[N-])c1. The van der Waals surface area contributed by atoms with Gasteiger partial charge in [0.25, 0.3) is 0 Å². The molecular weight excluding hydrogens is 238 g/mol. The molecule has 2 rings (SSSR count). The van der Waals surface area contributed by atoms with Gasteiger partial charge in [0, 0.05) is 10.6 Å². The Labute approximate surface area is 111 Å². The zero-order valence-corrected chi connectivity index (χ0v) is 10.5. The lowest BCUT2D eigenvalue weighted by atomic mass is 10.1. The summed E-state index contributed by atoms with van der Waals surface area (Å²) in [5.74, 6) is 0.666. The van der Waals surface area contributed by atoms with Crippen molar-refractivity contribution in [1.82, 2.24) is 0 Å². The molecule has 0 fully saturated rings. The minimum atomic E-state index is 0.550. The highest BCUT2D eigenvalue weighted by molar-refractivity contribution is 5.76. The first-order chi connectivity index (χ1) is 9.33. The van der Waals surface area contributed by atoms with Gasteiger partial charge >= 0.3 is 0 Å². The molecule has 0 atom stereocenters. The van der Waals surface area contributed by atoms with Crippen molar-refractivity contribution < 1.29 is 4.74 Å². The van der Waals surface area contributed by atoms with Gasteiger partial charge in [-0.25, -0.2) is 0 Å². The quantitative estimate of drug-likeness (QED) is 0.333. The van der Waals surface area contributed by atoms with Crippen LogP contribution in [0.2, 0.25) is 0 Å². The van der Waals surface area contributed by atoms with Crippen LogP contribution in [0.4, 0.5) is 5.69 Å². The molecule has 94 valence electrons. The van der Waals surface area contributed by atoms with E-state index in [0.29, 0.717) is 11.4 Å². The van der Waals surface area contributed by atoms with Crippen LogP contribution in [0.3, 0.4) is 0 Å². The Hall–Kier alpha value is -2.71. The van der Waals surface area contributed by atoms with Crippen LogP contribution in [-0.2, 0) is 0 Å². The number of rotatable bonds is 4. The maximum Gasteiger partial charge on any atom is 0.119 e. The molecule has 0 amide bonds. The topological polar surface area (TPSA) is 58.0 Å². The van der Waals surface area contributed by atoms with Gasteiger partial charge in [-0.05, 0) is 28.8 Å².